The SMILES string of the molecule is CCC(C)(C)n1nnnc1[C@H](c1cc2cc(OC)ccc2[nH]c1=O)[NH+]1CCCCC1. The lowest BCUT2D eigenvalue weighted by Gasteiger charge is -2.33. The number of hydrogen-bond donors (Lipinski definition) is 2. The van der Waals surface area contributed by atoms with Crippen molar-refractivity contribution in [3.8, 4) is 5.75 Å². The molecule has 8 nitrogen and oxygen atoms in total. The number of pyridine rings is 1. The molecule has 0 amide bonds. The Kier molecular flexibility index (Phi) is 5.60. The summed E-state index contributed by atoms with van der Waals surface area (Å²) in [7, 11) is 1.65. The lowest BCUT2D eigenvalue weighted by Crippen LogP contribution is -3.13. The maximum absolute atomic E-state index is 13.2. The molecule has 160 valence electrons. The van der Waals surface area contributed by atoms with Crippen molar-refractivity contribution in [3.05, 3.63) is 46.0 Å². The number of likely N-dealkylation sites (tertiary alicyclic amines) is 1. The van der Waals surface area contributed by atoms with E-state index in [1.54, 1.807) is 7.11 Å². The quantitative estimate of drug-likeness (QED) is 0.646. The van der Waals surface area contributed by atoms with Crippen molar-refractivity contribution in [1.82, 2.24) is 25.2 Å². The zero-order valence-electron chi connectivity index (χ0n) is 18.2. The average Bonchev–Trinajstić information content (AvgIpc) is 3.25. The van der Waals surface area contributed by atoms with Gasteiger partial charge in [-0.05, 0) is 74.2 Å². The minimum Gasteiger partial charge on any atom is -0.497 e. The summed E-state index contributed by atoms with van der Waals surface area (Å²) in [6, 6.07) is 7.46. The predicted octanol–water partition coefficient (Wildman–Crippen LogP) is 1.83. The smallest absolute Gasteiger partial charge is 0.258 e. The summed E-state index contributed by atoms with van der Waals surface area (Å²) in [6.07, 6.45) is 4.40. The van der Waals surface area contributed by atoms with Gasteiger partial charge in [0, 0.05) is 10.9 Å². The van der Waals surface area contributed by atoms with E-state index in [2.05, 4.69) is 41.3 Å². The van der Waals surface area contributed by atoms with E-state index in [-0.39, 0.29) is 17.1 Å². The molecule has 0 spiro atoms. The Balaban J connectivity index is 1.90. The number of benzene rings is 1. The monoisotopic (exact) mass is 411 g/mol. The van der Waals surface area contributed by atoms with Gasteiger partial charge in [-0.3, -0.25) is 4.79 Å². The van der Waals surface area contributed by atoms with Gasteiger partial charge in [-0.15, -0.1) is 5.10 Å². The Morgan fingerprint density at radius 3 is 2.70 bits per heavy atom. The Morgan fingerprint density at radius 2 is 2.00 bits per heavy atom. The largest absolute Gasteiger partial charge is 0.497 e. The predicted molar refractivity (Wildman–Crippen MR) is 115 cm³/mol. The summed E-state index contributed by atoms with van der Waals surface area (Å²) in [6.45, 7) is 8.39. The third-order valence-corrected chi connectivity index (χ3v) is 6.49. The van der Waals surface area contributed by atoms with Crippen LogP contribution in [0.2, 0.25) is 0 Å². The number of ether oxygens (including phenoxy) is 1. The Morgan fingerprint density at radius 1 is 1.23 bits per heavy atom. The second-order valence-electron chi connectivity index (χ2n) is 8.77. The van der Waals surface area contributed by atoms with Gasteiger partial charge < -0.3 is 14.6 Å². The maximum atomic E-state index is 13.2. The van der Waals surface area contributed by atoms with Crippen molar-refractivity contribution in [1.29, 1.82) is 0 Å². The second kappa shape index (κ2) is 8.18. The Hall–Kier alpha value is -2.74. The van der Waals surface area contributed by atoms with Crippen LogP contribution >= 0.6 is 0 Å². The van der Waals surface area contributed by atoms with Gasteiger partial charge in [-0.1, -0.05) is 6.92 Å². The number of hydrogen-bond acceptors (Lipinski definition) is 5. The number of tetrazole rings is 1. The van der Waals surface area contributed by atoms with Gasteiger partial charge in [-0.25, -0.2) is 4.68 Å². The van der Waals surface area contributed by atoms with Crippen molar-refractivity contribution < 1.29 is 9.64 Å². The fourth-order valence-electron chi connectivity index (χ4n) is 4.33. The average molecular weight is 412 g/mol. The summed E-state index contributed by atoms with van der Waals surface area (Å²) in [5, 5.41) is 13.7. The number of fused-ring (bicyclic) bond motifs is 1. The van der Waals surface area contributed by atoms with Crippen LogP contribution in [0, 0.1) is 0 Å². The normalized spacial score (nSPS) is 16.7. The highest BCUT2D eigenvalue weighted by Gasteiger charge is 2.37. The third-order valence-electron chi connectivity index (χ3n) is 6.49. The third kappa shape index (κ3) is 3.71. The van der Waals surface area contributed by atoms with E-state index in [4.69, 9.17) is 4.74 Å². The number of H-pyrrole nitrogens is 1. The second-order valence-corrected chi connectivity index (χ2v) is 8.77. The highest BCUT2D eigenvalue weighted by Crippen LogP contribution is 2.26. The Bertz CT molecular complexity index is 1080. The van der Waals surface area contributed by atoms with E-state index in [1.807, 2.05) is 28.9 Å². The number of methoxy groups -OCH3 is 1. The molecule has 3 aromatic rings. The number of quaternary nitrogens is 1. The number of nitrogens with one attached hydrogen (secondary N) is 2. The van der Waals surface area contributed by atoms with E-state index in [9.17, 15) is 4.79 Å². The summed E-state index contributed by atoms with van der Waals surface area (Å²) >= 11 is 0. The molecule has 4 rings (SSSR count). The minimum atomic E-state index is -0.237. The summed E-state index contributed by atoms with van der Waals surface area (Å²) in [5.41, 5.74) is 1.18. The van der Waals surface area contributed by atoms with E-state index in [0.717, 1.165) is 54.8 Å². The van der Waals surface area contributed by atoms with Gasteiger partial charge in [0.05, 0.1) is 31.3 Å². The van der Waals surface area contributed by atoms with Crippen molar-refractivity contribution in [2.75, 3.05) is 20.2 Å². The van der Waals surface area contributed by atoms with E-state index < -0.39 is 0 Å². The van der Waals surface area contributed by atoms with E-state index in [0.29, 0.717) is 5.56 Å². The zero-order valence-corrected chi connectivity index (χ0v) is 18.2. The molecule has 0 bridgehead atoms. The van der Waals surface area contributed by atoms with E-state index >= 15 is 0 Å². The van der Waals surface area contributed by atoms with Crippen molar-refractivity contribution >= 4 is 10.9 Å². The molecule has 0 aliphatic carbocycles. The molecular formula is C22H31N6O2+. The van der Waals surface area contributed by atoms with Gasteiger partial charge in [0.1, 0.15) is 5.75 Å². The van der Waals surface area contributed by atoms with Gasteiger partial charge in [0.2, 0.25) is 5.82 Å². The Labute approximate surface area is 176 Å². The van der Waals surface area contributed by atoms with Gasteiger partial charge >= 0.3 is 0 Å². The van der Waals surface area contributed by atoms with Crippen LogP contribution in [0.5, 0.6) is 5.75 Å². The zero-order chi connectivity index (χ0) is 21.3. The summed E-state index contributed by atoms with van der Waals surface area (Å²) in [4.78, 5) is 17.6. The molecule has 1 aliphatic rings. The molecule has 30 heavy (non-hydrogen) atoms. The van der Waals surface area contributed by atoms with Crippen LogP contribution in [-0.4, -0.2) is 45.4 Å². The molecule has 3 heterocycles. The van der Waals surface area contributed by atoms with Crippen LogP contribution < -0.4 is 15.2 Å². The lowest BCUT2D eigenvalue weighted by molar-refractivity contribution is -0.931. The van der Waals surface area contributed by atoms with Crippen LogP contribution in [0.1, 0.15) is 63.9 Å². The van der Waals surface area contributed by atoms with Crippen molar-refractivity contribution in [2.45, 2.75) is 58.0 Å². The molecule has 1 saturated heterocycles. The van der Waals surface area contributed by atoms with Crippen molar-refractivity contribution in [3.63, 3.8) is 0 Å². The van der Waals surface area contributed by atoms with E-state index in [1.165, 1.54) is 11.3 Å². The molecule has 0 radical (unpaired) electrons. The van der Waals surface area contributed by atoms with Crippen LogP contribution in [0.3, 0.4) is 0 Å². The molecule has 8 heteroatoms. The van der Waals surface area contributed by atoms with Gasteiger partial charge in [0.25, 0.3) is 5.56 Å². The topological polar surface area (TPSA) is 90.1 Å². The number of nitrogens with zero attached hydrogens (tertiary/aromatic N) is 4. The standard InChI is InChI=1S/C22H30N6O2/c1-5-22(2,3)28-20(24-25-26-28)19(27-11-7-6-8-12-27)17-14-15-13-16(30-4)9-10-18(15)23-21(17)29/h9-10,13-14,19H,5-8,11-12H2,1-4H3,(H,23,29)/p+1/t19-/m0/s1. The molecule has 1 aromatic carbocycles. The first kappa shape index (κ1) is 20.5. The number of aromatic nitrogens is 5. The lowest BCUT2D eigenvalue weighted by atomic mass is 9.98. The molecule has 1 atom stereocenters. The molecule has 2 aromatic heterocycles. The minimum absolute atomic E-state index is 0.0837. The first-order valence-corrected chi connectivity index (χ1v) is 10.8. The molecule has 1 fully saturated rings. The first-order valence-electron chi connectivity index (χ1n) is 10.8. The first-order chi connectivity index (χ1) is 14.4. The molecule has 2 N–H and O–H groups in total. The summed E-state index contributed by atoms with van der Waals surface area (Å²) in [5.74, 6) is 1.52. The molecule has 0 saturated carbocycles. The highest BCUT2D eigenvalue weighted by atomic mass is 16.5. The van der Waals surface area contributed by atoms with Crippen LogP contribution in [-0.2, 0) is 5.54 Å². The molecule has 0 unspecified atom stereocenters. The molecular weight excluding hydrogens is 380 g/mol. The van der Waals surface area contributed by atoms with Crippen LogP contribution in [0.15, 0.2) is 29.1 Å². The number of rotatable bonds is 6. The van der Waals surface area contributed by atoms with Crippen LogP contribution in [0.4, 0.5) is 0 Å². The summed E-state index contributed by atoms with van der Waals surface area (Å²) < 4.78 is 7.30. The number of aromatic amines is 1. The van der Waals surface area contributed by atoms with Crippen molar-refractivity contribution in [2.24, 2.45) is 0 Å². The fraction of sp³-hybridized carbons (Fsp3) is 0.545. The van der Waals surface area contributed by atoms with Crippen LogP contribution in [0.25, 0.3) is 10.9 Å². The maximum Gasteiger partial charge on any atom is 0.258 e. The fourth-order valence-corrected chi connectivity index (χ4v) is 4.33. The van der Waals surface area contributed by atoms with Gasteiger partial charge in [-0.2, -0.15) is 0 Å². The number of piperidine rings is 1. The highest BCUT2D eigenvalue weighted by molar-refractivity contribution is 5.80. The van der Waals surface area contributed by atoms with Gasteiger partial charge in [0.15, 0.2) is 6.04 Å². The molecule has 1 aliphatic heterocycles.